The number of carbonyl (C=O) groups excluding carboxylic acids is 1. The summed E-state index contributed by atoms with van der Waals surface area (Å²) in [6, 6.07) is 9.81. The quantitative estimate of drug-likeness (QED) is 0.572. The van der Waals surface area contributed by atoms with Gasteiger partial charge < -0.3 is 10.6 Å². The minimum absolute atomic E-state index is 0.00181. The number of nitrogens with one attached hydrogen (secondary N) is 2. The van der Waals surface area contributed by atoms with E-state index in [2.05, 4.69) is 33.9 Å². The molecule has 0 spiro atoms. The third kappa shape index (κ3) is 5.27. The van der Waals surface area contributed by atoms with Crippen LogP contribution in [0.15, 0.2) is 41.8 Å². The fourth-order valence-corrected chi connectivity index (χ4v) is 4.12. The van der Waals surface area contributed by atoms with E-state index >= 15 is 0 Å². The number of hydrogen-bond acceptors (Lipinski definition) is 5. The number of nitro benzene ring substituents is 1. The van der Waals surface area contributed by atoms with Crippen molar-refractivity contribution in [1.82, 2.24) is 10.2 Å². The van der Waals surface area contributed by atoms with Gasteiger partial charge in [-0.15, -0.1) is 11.3 Å². The molecule has 1 aliphatic heterocycles. The molecule has 1 saturated heterocycles. The van der Waals surface area contributed by atoms with Crippen molar-refractivity contribution in [2.45, 2.75) is 25.8 Å². The van der Waals surface area contributed by atoms with E-state index in [-0.39, 0.29) is 17.8 Å². The van der Waals surface area contributed by atoms with Crippen molar-refractivity contribution in [1.29, 1.82) is 0 Å². The normalized spacial score (nSPS) is 16.6. The average molecular weight is 388 g/mol. The number of likely N-dealkylation sites (tertiary alicyclic amines) is 1. The number of amides is 2. The molecule has 27 heavy (non-hydrogen) atoms. The zero-order valence-corrected chi connectivity index (χ0v) is 16.1. The van der Waals surface area contributed by atoms with Gasteiger partial charge in [0.05, 0.1) is 11.0 Å². The summed E-state index contributed by atoms with van der Waals surface area (Å²) in [5.41, 5.74) is 0.524. The van der Waals surface area contributed by atoms with Gasteiger partial charge in [-0.25, -0.2) is 4.79 Å². The van der Waals surface area contributed by atoms with Crippen molar-refractivity contribution in [3.63, 3.8) is 0 Å². The molecule has 2 heterocycles. The fourth-order valence-electron chi connectivity index (χ4n) is 3.26. The van der Waals surface area contributed by atoms with Crippen LogP contribution in [0, 0.1) is 16.0 Å². The molecule has 1 unspecified atom stereocenters. The Morgan fingerprint density at radius 1 is 1.30 bits per heavy atom. The maximum atomic E-state index is 12.3. The Labute approximate surface area is 162 Å². The van der Waals surface area contributed by atoms with E-state index in [0.29, 0.717) is 12.2 Å². The van der Waals surface area contributed by atoms with Gasteiger partial charge in [-0.2, -0.15) is 0 Å². The van der Waals surface area contributed by atoms with E-state index in [9.17, 15) is 14.9 Å². The highest BCUT2D eigenvalue weighted by molar-refractivity contribution is 7.10. The van der Waals surface area contributed by atoms with Crippen LogP contribution in [0.4, 0.5) is 16.2 Å². The van der Waals surface area contributed by atoms with Crippen molar-refractivity contribution in [2.24, 2.45) is 5.92 Å². The van der Waals surface area contributed by atoms with Gasteiger partial charge in [0.2, 0.25) is 0 Å². The number of anilines is 1. The standard InChI is InChI=1S/C19H24N4O3S/c1-14-8-10-22(11-9-14)17(18-3-2-12-27-18)13-20-19(24)21-15-4-6-16(7-5-15)23(25)26/h2-7,12,14,17H,8-11,13H2,1H3,(H2,20,21,24). The molecular weight excluding hydrogens is 364 g/mol. The Bertz CT molecular complexity index is 756. The van der Waals surface area contributed by atoms with Gasteiger partial charge in [-0.3, -0.25) is 15.0 Å². The second-order valence-corrected chi connectivity index (χ2v) is 7.87. The highest BCUT2D eigenvalue weighted by Gasteiger charge is 2.25. The average Bonchev–Trinajstić information content (AvgIpc) is 3.18. The largest absolute Gasteiger partial charge is 0.336 e. The lowest BCUT2D eigenvalue weighted by Gasteiger charge is -2.36. The van der Waals surface area contributed by atoms with E-state index < -0.39 is 4.92 Å². The van der Waals surface area contributed by atoms with Crippen LogP contribution in [0.25, 0.3) is 0 Å². The molecule has 2 N–H and O–H groups in total. The molecule has 0 bridgehead atoms. The molecular formula is C19H24N4O3S. The van der Waals surface area contributed by atoms with Gasteiger partial charge >= 0.3 is 6.03 Å². The van der Waals surface area contributed by atoms with Crippen molar-refractivity contribution in [3.05, 3.63) is 56.8 Å². The Hall–Kier alpha value is -2.45. The molecule has 1 aliphatic rings. The Kier molecular flexibility index (Phi) is 6.41. The monoisotopic (exact) mass is 388 g/mol. The van der Waals surface area contributed by atoms with Crippen LogP contribution in [-0.2, 0) is 0 Å². The third-order valence-corrected chi connectivity index (χ3v) is 5.90. The Morgan fingerprint density at radius 2 is 2.00 bits per heavy atom. The Morgan fingerprint density at radius 3 is 2.59 bits per heavy atom. The molecule has 8 heteroatoms. The first-order valence-corrected chi connectivity index (χ1v) is 9.97. The predicted octanol–water partition coefficient (Wildman–Crippen LogP) is 4.25. The maximum Gasteiger partial charge on any atom is 0.319 e. The predicted molar refractivity (Wildman–Crippen MR) is 107 cm³/mol. The van der Waals surface area contributed by atoms with Crippen molar-refractivity contribution in [3.8, 4) is 0 Å². The molecule has 1 fully saturated rings. The van der Waals surface area contributed by atoms with Crippen LogP contribution in [0.1, 0.15) is 30.7 Å². The number of hydrogen-bond donors (Lipinski definition) is 2. The van der Waals surface area contributed by atoms with Crippen LogP contribution in [0.3, 0.4) is 0 Å². The maximum absolute atomic E-state index is 12.3. The zero-order chi connectivity index (χ0) is 19.2. The van der Waals surface area contributed by atoms with Crippen LogP contribution in [0.2, 0.25) is 0 Å². The van der Waals surface area contributed by atoms with E-state index in [1.165, 1.54) is 42.0 Å². The molecule has 1 aromatic heterocycles. The van der Waals surface area contributed by atoms with E-state index in [4.69, 9.17) is 0 Å². The fraction of sp³-hybridized carbons (Fsp3) is 0.421. The van der Waals surface area contributed by atoms with Crippen molar-refractivity contribution < 1.29 is 9.72 Å². The molecule has 2 aromatic rings. The smallest absolute Gasteiger partial charge is 0.319 e. The summed E-state index contributed by atoms with van der Waals surface area (Å²) >= 11 is 1.71. The molecule has 0 saturated carbocycles. The summed E-state index contributed by atoms with van der Waals surface area (Å²) in [6.07, 6.45) is 2.35. The minimum atomic E-state index is -0.463. The summed E-state index contributed by atoms with van der Waals surface area (Å²) in [6.45, 7) is 4.88. The number of non-ortho nitro benzene ring substituents is 1. The highest BCUT2D eigenvalue weighted by atomic mass is 32.1. The van der Waals surface area contributed by atoms with E-state index in [0.717, 1.165) is 19.0 Å². The van der Waals surface area contributed by atoms with Crippen LogP contribution in [0.5, 0.6) is 0 Å². The van der Waals surface area contributed by atoms with Gasteiger partial charge in [0.1, 0.15) is 0 Å². The summed E-state index contributed by atoms with van der Waals surface area (Å²) in [4.78, 5) is 26.2. The molecule has 1 atom stereocenters. The number of piperidine rings is 1. The van der Waals surface area contributed by atoms with Crippen LogP contribution in [-0.4, -0.2) is 35.5 Å². The topological polar surface area (TPSA) is 87.5 Å². The number of thiophene rings is 1. The summed E-state index contributed by atoms with van der Waals surface area (Å²) in [5.74, 6) is 0.753. The first-order chi connectivity index (χ1) is 13.0. The lowest BCUT2D eigenvalue weighted by molar-refractivity contribution is -0.384. The number of nitro groups is 1. The number of nitrogens with zero attached hydrogens (tertiary/aromatic N) is 2. The van der Waals surface area contributed by atoms with Gasteiger partial charge in [-0.05, 0) is 55.4 Å². The first-order valence-electron chi connectivity index (χ1n) is 9.09. The number of rotatable bonds is 6. The summed E-state index contributed by atoms with van der Waals surface area (Å²) in [5, 5.41) is 18.4. The van der Waals surface area contributed by atoms with Gasteiger partial charge in [-0.1, -0.05) is 13.0 Å². The van der Waals surface area contributed by atoms with Gasteiger partial charge in [0.15, 0.2) is 0 Å². The number of benzene rings is 1. The second kappa shape index (κ2) is 8.96. The first kappa shape index (κ1) is 19.3. The van der Waals surface area contributed by atoms with Gasteiger partial charge in [0, 0.05) is 29.2 Å². The molecule has 7 nitrogen and oxygen atoms in total. The van der Waals surface area contributed by atoms with Crippen molar-refractivity contribution in [2.75, 3.05) is 25.0 Å². The second-order valence-electron chi connectivity index (χ2n) is 6.89. The third-order valence-electron chi connectivity index (χ3n) is 4.92. The van der Waals surface area contributed by atoms with Gasteiger partial charge in [0.25, 0.3) is 5.69 Å². The highest BCUT2D eigenvalue weighted by Crippen LogP contribution is 2.29. The molecule has 3 rings (SSSR count). The molecule has 2 amide bonds. The van der Waals surface area contributed by atoms with Crippen molar-refractivity contribution >= 4 is 28.7 Å². The summed E-state index contributed by atoms with van der Waals surface area (Å²) < 4.78 is 0. The van der Waals surface area contributed by atoms with Crippen LogP contribution < -0.4 is 10.6 Å². The summed E-state index contributed by atoms with van der Waals surface area (Å²) in [7, 11) is 0. The molecule has 0 aliphatic carbocycles. The lowest BCUT2D eigenvalue weighted by Crippen LogP contribution is -2.42. The molecule has 144 valence electrons. The van der Waals surface area contributed by atoms with E-state index in [1.54, 1.807) is 11.3 Å². The SMILES string of the molecule is CC1CCN(C(CNC(=O)Nc2ccc([N+](=O)[O-])cc2)c2cccs2)CC1. The molecule has 0 radical (unpaired) electrons. The number of carbonyl (C=O) groups is 1. The lowest BCUT2D eigenvalue weighted by atomic mass is 9.97. The van der Waals surface area contributed by atoms with Crippen LogP contribution >= 0.6 is 11.3 Å². The van der Waals surface area contributed by atoms with E-state index in [1.807, 2.05) is 6.07 Å². The Balaban J connectivity index is 1.58. The molecule has 1 aromatic carbocycles. The minimum Gasteiger partial charge on any atom is -0.336 e. The number of urea groups is 1. The zero-order valence-electron chi connectivity index (χ0n) is 15.3.